The molecule has 0 aliphatic rings. The molecule has 0 unspecified atom stereocenters. The number of H-pyrrole nitrogens is 1. The van der Waals surface area contributed by atoms with Crippen molar-refractivity contribution in [3.8, 4) is 17.0 Å². The molecule has 8 heteroatoms. The minimum atomic E-state index is -0.646. The molecular weight excluding hydrogens is 351 g/mol. The Kier molecular flexibility index (Phi) is 4.69. The number of carbonyl (C=O) groups excluding carboxylic acids is 1. The standard InChI is InChI=1S/C16H12Cl2N4O2/c17-12-2-1-3-13(18)11(12)8-24-10-6-4-9(5-7-10)14-15(16(19)23)21-22-20-14/h1-7H,8H2,(H2,19,23)(H,20,21,22). The Hall–Kier alpha value is -2.57. The average molecular weight is 363 g/mol. The number of carbonyl (C=O) groups is 1. The quantitative estimate of drug-likeness (QED) is 0.726. The molecule has 3 N–H and O–H groups in total. The number of hydrogen-bond acceptors (Lipinski definition) is 4. The maximum absolute atomic E-state index is 11.3. The van der Waals surface area contributed by atoms with Crippen LogP contribution in [-0.4, -0.2) is 21.3 Å². The van der Waals surface area contributed by atoms with Crippen LogP contribution in [0.25, 0.3) is 11.3 Å². The molecule has 0 fully saturated rings. The highest BCUT2D eigenvalue weighted by atomic mass is 35.5. The van der Waals surface area contributed by atoms with Gasteiger partial charge in [-0.05, 0) is 36.4 Å². The van der Waals surface area contributed by atoms with E-state index in [4.69, 9.17) is 33.7 Å². The lowest BCUT2D eigenvalue weighted by Gasteiger charge is -2.09. The predicted molar refractivity (Wildman–Crippen MR) is 91.1 cm³/mol. The summed E-state index contributed by atoms with van der Waals surface area (Å²) in [4.78, 5) is 11.3. The zero-order valence-corrected chi connectivity index (χ0v) is 13.8. The van der Waals surface area contributed by atoms with Crippen LogP contribution >= 0.6 is 23.2 Å². The molecule has 1 aromatic heterocycles. The van der Waals surface area contributed by atoms with E-state index in [1.807, 2.05) is 0 Å². The highest BCUT2D eigenvalue weighted by molar-refractivity contribution is 6.35. The number of amides is 1. The summed E-state index contributed by atoms with van der Waals surface area (Å²) in [6.45, 7) is 0.244. The summed E-state index contributed by atoms with van der Waals surface area (Å²) in [6, 6.07) is 12.3. The predicted octanol–water partition coefficient (Wildman–Crippen LogP) is 3.46. The van der Waals surface area contributed by atoms with Gasteiger partial charge in [-0.25, -0.2) is 0 Å². The monoisotopic (exact) mass is 362 g/mol. The van der Waals surface area contributed by atoms with Crippen molar-refractivity contribution in [3.05, 3.63) is 63.8 Å². The zero-order valence-electron chi connectivity index (χ0n) is 12.3. The van der Waals surface area contributed by atoms with Gasteiger partial charge in [0.1, 0.15) is 18.1 Å². The van der Waals surface area contributed by atoms with Crippen molar-refractivity contribution >= 4 is 29.1 Å². The Balaban J connectivity index is 1.75. The molecule has 2 aromatic carbocycles. The summed E-state index contributed by atoms with van der Waals surface area (Å²) < 4.78 is 5.70. The van der Waals surface area contributed by atoms with Gasteiger partial charge in [0.25, 0.3) is 5.91 Å². The maximum Gasteiger partial charge on any atom is 0.271 e. The smallest absolute Gasteiger partial charge is 0.271 e. The van der Waals surface area contributed by atoms with E-state index in [2.05, 4.69) is 15.4 Å². The second-order valence-electron chi connectivity index (χ2n) is 4.90. The molecule has 0 bridgehead atoms. The molecule has 0 aliphatic carbocycles. The number of ether oxygens (including phenoxy) is 1. The third-order valence-corrected chi connectivity index (χ3v) is 4.06. The molecule has 6 nitrogen and oxygen atoms in total. The van der Waals surface area contributed by atoms with E-state index in [-0.39, 0.29) is 12.3 Å². The third-order valence-electron chi connectivity index (χ3n) is 3.35. The summed E-state index contributed by atoms with van der Waals surface area (Å²) in [7, 11) is 0. The number of rotatable bonds is 5. The maximum atomic E-state index is 11.3. The Morgan fingerprint density at radius 1 is 1.08 bits per heavy atom. The lowest BCUT2D eigenvalue weighted by Crippen LogP contribution is -2.12. The van der Waals surface area contributed by atoms with Gasteiger partial charge in [0.2, 0.25) is 0 Å². The first-order chi connectivity index (χ1) is 11.6. The van der Waals surface area contributed by atoms with Crippen LogP contribution in [0.4, 0.5) is 0 Å². The highest BCUT2D eigenvalue weighted by Gasteiger charge is 2.15. The van der Waals surface area contributed by atoms with Gasteiger partial charge in [-0.2, -0.15) is 15.4 Å². The van der Waals surface area contributed by atoms with E-state index in [0.717, 1.165) is 5.56 Å². The van der Waals surface area contributed by atoms with Gasteiger partial charge in [-0.3, -0.25) is 4.79 Å². The van der Waals surface area contributed by atoms with E-state index in [1.165, 1.54) is 0 Å². The normalized spacial score (nSPS) is 10.6. The van der Waals surface area contributed by atoms with E-state index < -0.39 is 5.91 Å². The van der Waals surface area contributed by atoms with Gasteiger partial charge >= 0.3 is 0 Å². The van der Waals surface area contributed by atoms with E-state index in [9.17, 15) is 4.79 Å². The minimum absolute atomic E-state index is 0.0894. The lowest BCUT2D eigenvalue weighted by molar-refractivity contribution is 0.0996. The van der Waals surface area contributed by atoms with Crippen molar-refractivity contribution in [2.75, 3.05) is 0 Å². The van der Waals surface area contributed by atoms with Crippen molar-refractivity contribution in [2.45, 2.75) is 6.61 Å². The Morgan fingerprint density at radius 3 is 2.38 bits per heavy atom. The Bertz CT molecular complexity index is 858. The van der Waals surface area contributed by atoms with Crippen LogP contribution in [0.1, 0.15) is 16.1 Å². The number of nitrogens with one attached hydrogen (secondary N) is 1. The first-order valence-electron chi connectivity index (χ1n) is 6.93. The van der Waals surface area contributed by atoms with Crippen LogP contribution < -0.4 is 10.5 Å². The SMILES string of the molecule is NC(=O)c1n[nH]nc1-c1ccc(OCc2c(Cl)cccc2Cl)cc1. The second-order valence-corrected chi connectivity index (χ2v) is 5.71. The third kappa shape index (κ3) is 3.34. The molecule has 0 saturated carbocycles. The van der Waals surface area contributed by atoms with Crippen LogP contribution in [0.2, 0.25) is 10.0 Å². The fourth-order valence-corrected chi connectivity index (χ4v) is 2.65. The van der Waals surface area contributed by atoms with E-state index in [0.29, 0.717) is 27.1 Å². The number of nitrogens with zero attached hydrogens (tertiary/aromatic N) is 2. The summed E-state index contributed by atoms with van der Waals surface area (Å²) >= 11 is 12.2. The summed E-state index contributed by atoms with van der Waals surface area (Å²) in [6.07, 6.45) is 0. The molecule has 1 amide bonds. The van der Waals surface area contributed by atoms with Crippen LogP contribution in [0.3, 0.4) is 0 Å². The molecule has 3 rings (SSSR count). The minimum Gasteiger partial charge on any atom is -0.489 e. The van der Waals surface area contributed by atoms with Gasteiger partial charge in [0, 0.05) is 21.2 Å². The molecular formula is C16H12Cl2N4O2. The summed E-state index contributed by atoms with van der Waals surface area (Å²) in [5, 5.41) is 11.2. The largest absolute Gasteiger partial charge is 0.489 e. The van der Waals surface area contributed by atoms with Crippen LogP contribution in [0, 0.1) is 0 Å². The van der Waals surface area contributed by atoms with Gasteiger partial charge in [-0.1, -0.05) is 29.3 Å². The average Bonchev–Trinajstić information content (AvgIpc) is 3.05. The zero-order chi connectivity index (χ0) is 17.1. The molecule has 0 aliphatic heterocycles. The number of halogens is 2. The molecule has 3 aromatic rings. The van der Waals surface area contributed by atoms with E-state index >= 15 is 0 Å². The fraction of sp³-hybridized carbons (Fsp3) is 0.0625. The summed E-state index contributed by atoms with van der Waals surface area (Å²) in [5.74, 6) is -0.0219. The van der Waals surface area contributed by atoms with Gasteiger partial charge in [0.05, 0.1) is 0 Å². The topological polar surface area (TPSA) is 93.9 Å². The molecule has 24 heavy (non-hydrogen) atoms. The van der Waals surface area contributed by atoms with Gasteiger partial charge < -0.3 is 10.5 Å². The van der Waals surface area contributed by atoms with Crippen molar-refractivity contribution < 1.29 is 9.53 Å². The number of nitrogens with two attached hydrogens (primary N) is 1. The first kappa shape index (κ1) is 16.3. The van der Waals surface area contributed by atoms with Crippen LogP contribution in [-0.2, 0) is 6.61 Å². The van der Waals surface area contributed by atoms with Crippen LogP contribution in [0.15, 0.2) is 42.5 Å². The fourth-order valence-electron chi connectivity index (χ4n) is 2.14. The first-order valence-corrected chi connectivity index (χ1v) is 7.68. The van der Waals surface area contributed by atoms with Crippen molar-refractivity contribution in [3.63, 3.8) is 0 Å². The molecule has 0 saturated heterocycles. The van der Waals surface area contributed by atoms with Gasteiger partial charge in [0.15, 0.2) is 5.69 Å². The Labute approximate surface area is 147 Å². The molecule has 122 valence electrons. The Morgan fingerprint density at radius 2 is 1.75 bits per heavy atom. The second kappa shape index (κ2) is 6.90. The number of hydrogen-bond donors (Lipinski definition) is 2. The number of aromatic amines is 1. The number of aromatic nitrogens is 3. The molecule has 0 spiro atoms. The lowest BCUT2D eigenvalue weighted by atomic mass is 10.1. The van der Waals surface area contributed by atoms with E-state index in [1.54, 1.807) is 42.5 Å². The molecule has 0 radical (unpaired) electrons. The number of primary amides is 1. The molecule has 0 atom stereocenters. The van der Waals surface area contributed by atoms with Crippen molar-refractivity contribution in [2.24, 2.45) is 5.73 Å². The van der Waals surface area contributed by atoms with Crippen molar-refractivity contribution in [1.82, 2.24) is 15.4 Å². The van der Waals surface area contributed by atoms with Crippen LogP contribution in [0.5, 0.6) is 5.75 Å². The van der Waals surface area contributed by atoms with Gasteiger partial charge in [-0.15, -0.1) is 0 Å². The van der Waals surface area contributed by atoms with Crippen molar-refractivity contribution in [1.29, 1.82) is 0 Å². The summed E-state index contributed by atoms with van der Waals surface area (Å²) in [5.41, 5.74) is 7.15. The highest BCUT2D eigenvalue weighted by Crippen LogP contribution is 2.27. The number of benzene rings is 2. The molecule has 1 heterocycles.